The van der Waals surface area contributed by atoms with E-state index in [2.05, 4.69) is 59.5 Å². The second-order valence-corrected chi connectivity index (χ2v) is 13.9. The zero-order valence-corrected chi connectivity index (χ0v) is 30.2. The van der Waals surface area contributed by atoms with Crippen LogP contribution in [0.1, 0.15) is 65.7 Å². The summed E-state index contributed by atoms with van der Waals surface area (Å²) in [6.07, 6.45) is 5.77. The zero-order chi connectivity index (χ0) is 37.7. The summed E-state index contributed by atoms with van der Waals surface area (Å²) in [6.45, 7) is 4.38. The number of rotatable bonds is 6. The van der Waals surface area contributed by atoms with Crippen LogP contribution in [0.3, 0.4) is 0 Å². The molecule has 2 N–H and O–H groups in total. The minimum Gasteiger partial charge on any atom is -0.464 e. The highest BCUT2D eigenvalue weighted by Gasteiger charge is 2.30. The molecule has 1 fully saturated rings. The zero-order valence-electron chi connectivity index (χ0n) is 30.2. The summed E-state index contributed by atoms with van der Waals surface area (Å²) < 4.78 is 9.07. The number of hydrogen-bond donors (Lipinski definition) is 2. The van der Waals surface area contributed by atoms with Crippen molar-refractivity contribution in [3.63, 3.8) is 0 Å². The van der Waals surface area contributed by atoms with Crippen LogP contribution in [0.4, 0.5) is 0 Å². The van der Waals surface area contributed by atoms with Crippen LogP contribution in [-0.2, 0) is 23.7 Å². The van der Waals surface area contributed by atoms with Crippen molar-refractivity contribution in [2.45, 2.75) is 38.5 Å². The molecule has 0 saturated carbocycles. The Labute approximate surface area is 310 Å². The van der Waals surface area contributed by atoms with E-state index in [9.17, 15) is 19.2 Å². The SMILES string of the molecule is CC(C)c1cc(-c2cccc3cc(-c4ccc(C(=O)NCC#Cc5ccc6occ(C7CCC(=O)NC7=O)c6c5)nc4)ncc23)cc2c1n(C)c(=O)n2C. The predicted molar refractivity (Wildman–Crippen MR) is 207 cm³/mol. The van der Waals surface area contributed by atoms with E-state index in [1.54, 1.807) is 40.8 Å². The lowest BCUT2D eigenvalue weighted by Crippen LogP contribution is -2.39. The molecule has 268 valence electrons. The number of carbonyl (C=O) groups excluding carboxylic acids is 3. The molecule has 7 aromatic rings. The number of aryl methyl sites for hydroxylation is 2. The summed E-state index contributed by atoms with van der Waals surface area (Å²) in [5.41, 5.74) is 8.75. The monoisotopic (exact) mass is 716 g/mol. The number of piperidine rings is 1. The van der Waals surface area contributed by atoms with Gasteiger partial charge in [0.2, 0.25) is 11.8 Å². The molecule has 54 heavy (non-hydrogen) atoms. The largest absolute Gasteiger partial charge is 0.464 e. The Kier molecular flexibility index (Phi) is 8.66. The Hall–Kier alpha value is -6.80. The Bertz CT molecular complexity index is 2800. The van der Waals surface area contributed by atoms with Gasteiger partial charge in [-0.2, -0.15) is 0 Å². The third-order valence-electron chi connectivity index (χ3n) is 10.2. The quantitative estimate of drug-likeness (QED) is 0.152. The van der Waals surface area contributed by atoms with Gasteiger partial charge in [-0.25, -0.2) is 4.79 Å². The first-order valence-corrected chi connectivity index (χ1v) is 17.7. The highest BCUT2D eigenvalue weighted by Crippen LogP contribution is 2.36. The molecule has 1 saturated heterocycles. The van der Waals surface area contributed by atoms with Crippen molar-refractivity contribution in [3.05, 3.63) is 118 Å². The lowest BCUT2D eigenvalue weighted by molar-refractivity contribution is -0.134. The molecule has 3 amide bonds. The number of nitrogens with zero attached hydrogens (tertiary/aromatic N) is 4. The maximum atomic E-state index is 12.9. The van der Waals surface area contributed by atoms with Gasteiger partial charge in [-0.05, 0) is 82.9 Å². The van der Waals surface area contributed by atoms with Crippen LogP contribution in [-0.4, -0.2) is 43.4 Å². The number of nitrogens with one attached hydrogen (secondary N) is 2. The fraction of sp³-hybridized carbons (Fsp3) is 0.209. The summed E-state index contributed by atoms with van der Waals surface area (Å²) in [7, 11) is 3.62. The van der Waals surface area contributed by atoms with Gasteiger partial charge in [0.1, 0.15) is 11.3 Å². The summed E-state index contributed by atoms with van der Waals surface area (Å²) in [5, 5.41) is 7.95. The first kappa shape index (κ1) is 34.3. The van der Waals surface area contributed by atoms with Gasteiger partial charge in [-0.3, -0.25) is 38.8 Å². The van der Waals surface area contributed by atoms with E-state index in [4.69, 9.17) is 9.40 Å². The summed E-state index contributed by atoms with van der Waals surface area (Å²) in [5.74, 6) is 4.84. The van der Waals surface area contributed by atoms with Crippen molar-refractivity contribution in [3.8, 4) is 34.2 Å². The van der Waals surface area contributed by atoms with Crippen LogP contribution in [0, 0.1) is 11.8 Å². The van der Waals surface area contributed by atoms with Gasteiger partial charge in [0.05, 0.1) is 35.5 Å². The van der Waals surface area contributed by atoms with Gasteiger partial charge in [-0.1, -0.05) is 43.9 Å². The summed E-state index contributed by atoms with van der Waals surface area (Å²) >= 11 is 0. The Morgan fingerprint density at radius 1 is 0.963 bits per heavy atom. The maximum Gasteiger partial charge on any atom is 0.328 e. The van der Waals surface area contributed by atoms with E-state index in [0.29, 0.717) is 17.6 Å². The Morgan fingerprint density at radius 3 is 2.59 bits per heavy atom. The van der Waals surface area contributed by atoms with Crippen molar-refractivity contribution in [1.82, 2.24) is 29.7 Å². The van der Waals surface area contributed by atoms with E-state index < -0.39 is 5.92 Å². The molecule has 1 aliphatic rings. The molecule has 0 aliphatic carbocycles. The molecule has 0 bridgehead atoms. The number of carbonyl (C=O) groups is 3. The number of imidazole rings is 1. The lowest BCUT2D eigenvalue weighted by Gasteiger charge is -2.19. The van der Waals surface area contributed by atoms with E-state index in [1.165, 1.54) is 0 Å². The van der Waals surface area contributed by atoms with Crippen LogP contribution < -0.4 is 16.3 Å². The summed E-state index contributed by atoms with van der Waals surface area (Å²) in [4.78, 5) is 58.9. The minimum atomic E-state index is -0.464. The van der Waals surface area contributed by atoms with E-state index in [0.717, 1.165) is 60.7 Å². The second-order valence-electron chi connectivity index (χ2n) is 13.9. The molecule has 5 heterocycles. The minimum absolute atomic E-state index is 0.0523. The van der Waals surface area contributed by atoms with Crippen molar-refractivity contribution >= 4 is 50.5 Å². The highest BCUT2D eigenvalue weighted by molar-refractivity contribution is 6.03. The molecular formula is C43H36N6O5. The first-order valence-electron chi connectivity index (χ1n) is 17.7. The second kappa shape index (κ2) is 13.6. The van der Waals surface area contributed by atoms with Gasteiger partial charge in [-0.15, -0.1) is 0 Å². The van der Waals surface area contributed by atoms with Crippen LogP contribution in [0.2, 0.25) is 0 Å². The molecule has 1 aliphatic heterocycles. The van der Waals surface area contributed by atoms with Crippen LogP contribution in [0.5, 0.6) is 0 Å². The number of hydrogen-bond acceptors (Lipinski definition) is 7. The number of benzene rings is 3. The van der Waals surface area contributed by atoms with Crippen molar-refractivity contribution in [2.24, 2.45) is 14.1 Å². The van der Waals surface area contributed by atoms with Gasteiger partial charge in [0.25, 0.3) is 5.91 Å². The molecular weight excluding hydrogens is 681 g/mol. The van der Waals surface area contributed by atoms with Crippen LogP contribution >= 0.6 is 0 Å². The highest BCUT2D eigenvalue weighted by atomic mass is 16.3. The number of fused-ring (bicyclic) bond motifs is 3. The van der Waals surface area contributed by atoms with E-state index in [-0.39, 0.29) is 48.0 Å². The molecule has 0 radical (unpaired) electrons. The van der Waals surface area contributed by atoms with E-state index >= 15 is 0 Å². The molecule has 11 heteroatoms. The van der Waals surface area contributed by atoms with Crippen molar-refractivity contribution < 1.29 is 18.8 Å². The molecule has 0 spiro atoms. The number of aromatic nitrogens is 4. The third kappa shape index (κ3) is 6.11. The number of furan rings is 1. The smallest absolute Gasteiger partial charge is 0.328 e. The van der Waals surface area contributed by atoms with Gasteiger partial charge in [0.15, 0.2) is 0 Å². The molecule has 1 atom stereocenters. The summed E-state index contributed by atoms with van der Waals surface area (Å²) in [6, 6.07) is 21.4. The van der Waals surface area contributed by atoms with E-state index in [1.807, 2.05) is 49.6 Å². The predicted octanol–water partition coefficient (Wildman–Crippen LogP) is 6.33. The molecule has 8 rings (SSSR count). The average molecular weight is 717 g/mol. The van der Waals surface area contributed by atoms with Crippen molar-refractivity contribution in [2.75, 3.05) is 6.54 Å². The topological polar surface area (TPSA) is 141 Å². The lowest BCUT2D eigenvalue weighted by atomic mass is 9.90. The number of pyridine rings is 2. The van der Waals surface area contributed by atoms with Gasteiger partial charge in [0, 0.05) is 60.4 Å². The van der Waals surface area contributed by atoms with Crippen molar-refractivity contribution in [1.29, 1.82) is 0 Å². The van der Waals surface area contributed by atoms with Crippen LogP contribution in [0.25, 0.3) is 55.2 Å². The average Bonchev–Trinajstić information content (AvgIpc) is 3.69. The third-order valence-corrected chi connectivity index (χ3v) is 10.2. The Morgan fingerprint density at radius 2 is 1.81 bits per heavy atom. The molecule has 11 nitrogen and oxygen atoms in total. The van der Waals surface area contributed by atoms with Gasteiger partial charge >= 0.3 is 5.69 Å². The Balaban J connectivity index is 0.968. The number of imide groups is 1. The van der Waals surface area contributed by atoms with Crippen LogP contribution in [0.15, 0.2) is 94.6 Å². The normalized spacial score (nSPS) is 14.4. The first-order chi connectivity index (χ1) is 26.1. The fourth-order valence-corrected chi connectivity index (χ4v) is 7.29. The fourth-order valence-electron chi connectivity index (χ4n) is 7.29. The molecule has 3 aromatic carbocycles. The van der Waals surface area contributed by atoms with Gasteiger partial charge < -0.3 is 9.73 Å². The standard InChI is InChI=1S/C43H36N6O5/c1-24(2)31-18-28(20-37-40(31)49(4)43(53)48(37)3)29-9-5-8-26-19-36(46-22-33(26)29)27-11-13-35(45-21-27)42(52)44-16-6-7-25-10-14-38-32(17-25)34(23-54-38)30-12-15-39(50)47-41(30)51/h5,8-11,13-14,17-24,30H,12,15-16H2,1-4H3,(H,44,52)(H,47,50,51). The number of amides is 3. The molecule has 4 aromatic heterocycles. The molecule has 1 unspecified atom stereocenters. The maximum absolute atomic E-state index is 12.9.